The van der Waals surface area contributed by atoms with Crippen LogP contribution in [0.5, 0.6) is 0 Å². The number of ketones is 1. The number of aromatic nitrogens is 2. The molecular formula is C21H30N2O2Si. The number of carbonyl (C=O) groups excluding carboxylic acids is 1. The maximum atomic E-state index is 11.9. The van der Waals surface area contributed by atoms with E-state index < -0.39 is 8.07 Å². The topological polar surface area (TPSA) is 44.1 Å². The van der Waals surface area contributed by atoms with Gasteiger partial charge in [0, 0.05) is 26.7 Å². The van der Waals surface area contributed by atoms with Gasteiger partial charge < -0.3 is 9.30 Å². The maximum absolute atomic E-state index is 11.9. The number of rotatable bonds is 6. The molecule has 0 radical (unpaired) electrons. The second-order valence-corrected chi connectivity index (χ2v) is 14.2. The van der Waals surface area contributed by atoms with Gasteiger partial charge in [0.15, 0.2) is 5.78 Å². The molecule has 1 aromatic carbocycles. The number of imidazole rings is 1. The molecule has 1 aromatic heterocycles. The summed E-state index contributed by atoms with van der Waals surface area (Å²) in [6, 6.07) is 3.35. The van der Waals surface area contributed by atoms with E-state index in [0.29, 0.717) is 13.2 Å². The van der Waals surface area contributed by atoms with Crippen LogP contribution in [0.25, 0.3) is 16.6 Å². The molecule has 0 unspecified atom stereocenters. The van der Waals surface area contributed by atoms with Gasteiger partial charge in [0.2, 0.25) is 0 Å². The quantitative estimate of drug-likeness (QED) is 0.525. The van der Waals surface area contributed by atoms with Crippen LogP contribution in [0.3, 0.4) is 0 Å². The molecular weight excluding hydrogens is 340 g/mol. The van der Waals surface area contributed by atoms with Crippen molar-refractivity contribution >= 4 is 30.5 Å². The molecule has 0 amide bonds. The highest BCUT2D eigenvalue weighted by molar-refractivity contribution is 6.76. The smallest absolute Gasteiger partial charge is 0.155 e. The van der Waals surface area contributed by atoms with Crippen LogP contribution in [0, 0.1) is 13.8 Å². The first-order valence-electron chi connectivity index (χ1n) is 9.53. The van der Waals surface area contributed by atoms with Gasteiger partial charge in [0.1, 0.15) is 6.73 Å². The van der Waals surface area contributed by atoms with Crippen LogP contribution >= 0.6 is 0 Å². The van der Waals surface area contributed by atoms with Crippen molar-refractivity contribution in [2.75, 3.05) is 6.61 Å². The summed E-state index contributed by atoms with van der Waals surface area (Å²) in [6.45, 7) is 12.7. The Morgan fingerprint density at radius 3 is 2.69 bits per heavy atom. The fraction of sp³-hybridized carbons (Fsp3) is 0.524. The number of hydrogen-bond acceptors (Lipinski definition) is 3. The van der Waals surface area contributed by atoms with Crippen molar-refractivity contribution in [1.82, 2.24) is 9.55 Å². The zero-order chi connectivity index (χ0) is 18.9. The third kappa shape index (κ3) is 4.15. The van der Waals surface area contributed by atoms with Gasteiger partial charge in [-0.3, -0.25) is 4.79 Å². The number of hydrogen-bond donors (Lipinski definition) is 0. The van der Waals surface area contributed by atoms with E-state index >= 15 is 0 Å². The van der Waals surface area contributed by atoms with Crippen LogP contribution in [0.4, 0.5) is 0 Å². The molecule has 1 heterocycles. The summed E-state index contributed by atoms with van der Waals surface area (Å²) < 4.78 is 8.01. The van der Waals surface area contributed by atoms with Gasteiger partial charge in [-0.2, -0.15) is 0 Å². The summed E-state index contributed by atoms with van der Waals surface area (Å²) in [7, 11) is -1.08. The minimum absolute atomic E-state index is 0.231. The minimum atomic E-state index is -1.08. The van der Waals surface area contributed by atoms with Crippen LogP contribution < -0.4 is 0 Å². The highest BCUT2D eigenvalue weighted by Crippen LogP contribution is 2.34. The molecule has 3 rings (SSSR count). The van der Waals surface area contributed by atoms with Gasteiger partial charge in [-0.25, -0.2) is 4.98 Å². The number of benzene rings is 1. The van der Waals surface area contributed by atoms with Crippen molar-refractivity contribution < 1.29 is 9.53 Å². The highest BCUT2D eigenvalue weighted by Gasteiger charge is 2.19. The second-order valence-electron chi connectivity index (χ2n) is 8.61. The predicted molar refractivity (Wildman–Crippen MR) is 110 cm³/mol. The summed E-state index contributed by atoms with van der Waals surface area (Å²) in [5, 5.41) is 0. The van der Waals surface area contributed by atoms with Gasteiger partial charge in [-0.1, -0.05) is 19.6 Å². The van der Waals surface area contributed by atoms with E-state index in [1.807, 2.05) is 12.4 Å². The fourth-order valence-corrected chi connectivity index (χ4v) is 4.21. The van der Waals surface area contributed by atoms with Crippen molar-refractivity contribution in [3.05, 3.63) is 35.2 Å². The zero-order valence-electron chi connectivity index (χ0n) is 16.7. The zero-order valence-corrected chi connectivity index (χ0v) is 17.7. The summed E-state index contributed by atoms with van der Waals surface area (Å²) in [5.74, 6) is 0.231. The molecule has 0 spiro atoms. The van der Waals surface area contributed by atoms with Crippen LogP contribution in [0.2, 0.25) is 25.7 Å². The molecule has 5 heteroatoms. The average Bonchev–Trinajstić information content (AvgIpc) is 2.94. The lowest BCUT2D eigenvalue weighted by molar-refractivity contribution is -0.114. The Balaban J connectivity index is 1.91. The van der Waals surface area contributed by atoms with E-state index in [2.05, 4.69) is 49.1 Å². The average molecular weight is 371 g/mol. The van der Waals surface area contributed by atoms with E-state index in [9.17, 15) is 4.79 Å². The molecule has 1 aliphatic carbocycles. The minimum Gasteiger partial charge on any atom is -0.361 e. The standard InChI is InChI=1S/C21H30N2O2Si/c1-15-11-19-21(20(16(15)2)17-7-6-8-18(24)12-17)22-13-23(19)14-25-9-10-26(3,4)5/h11-13H,6-10,14H2,1-5H3. The first-order valence-corrected chi connectivity index (χ1v) is 13.2. The second kappa shape index (κ2) is 7.49. The Hall–Kier alpha value is -1.72. The van der Waals surface area contributed by atoms with Gasteiger partial charge in [-0.05, 0) is 61.6 Å². The van der Waals surface area contributed by atoms with E-state index in [0.717, 1.165) is 47.7 Å². The number of allylic oxidation sites excluding steroid dienone is 2. The summed E-state index contributed by atoms with van der Waals surface area (Å²) in [5.41, 5.74) is 6.82. The molecule has 4 nitrogen and oxygen atoms in total. The molecule has 140 valence electrons. The number of fused-ring (bicyclic) bond motifs is 1. The van der Waals surface area contributed by atoms with E-state index in [1.165, 1.54) is 11.1 Å². The van der Waals surface area contributed by atoms with E-state index in [-0.39, 0.29) is 5.78 Å². The lowest BCUT2D eigenvalue weighted by Gasteiger charge is -2.18. The normalized spacial score (nSPS) is 15.6. The van der Waals surface area contributed by atoms with Crippen molar-refractivity contribution in [2.24, 2.45) is 0 Å². The highest BCUT2D eigenvalue weighted by atomic mass is 28.3. The van der Waals surface area contributed by atoms with Gasteiger partial charge in [0.05, 0.1) is 17.4 Å². The lowest BCUT2D eigenvalue weighted by Crippen LogP contribution is -2.21. The Morgan fingerprint density at radius 2 is 2.00 bits per heavy atom. The van der Waals surface area contributed by atoms with Crippen molar-refractivity contribution in [1.29, 1.82) is 0 Å². The molecule has 0 atom stereocenters. The van der Waals surface area contributed by atoms with Crippen LogP contribution in [0.15, 0.2) is 18.5 Å². The SMILES string of the molecule is Cc1cc2c(ncn2COCC[Si](C)(C)C)c(C2=CC(=O)CCC2)c1C. The van der Waals surface area contributed by atoms with Crippen molar-refractivity contribution in [2.45, 2.75) is 65.5 Å². The molecule has 0 saturated heterocycles. The van der Waals surface area contributed by atoms with E-state index in [1.54, 1.807) is 0 Å². The Labute approximate surface area is 157 Å². The summed E-state index contributed by atoms with van der Waals surface area (Å²) in [6.07, 6.45) is 6.24. The van der Waals surface area contributed by atoms with Gasteiger partial charge >= 0.3 is 0 Å². The molecule has 2 aromatic rings. The third-order valence-corrected chi connectivity index (χ3v) is 6.89. The molecule has 0 aliphatic heterocycles. The molecule has 1 aliphatic rings. The van der Waals surface area contributed by atoms with Crippen LogP contribution in [0.1, 0.15) is 36.0 Å². The van der Waals surface area contributed by atoms with Crippen molar-refractivity contribution in [3.8, 4) is 0 Å². The first kappa shape index (κ1) is 19.0. The van der Waals surface area contributed by atoms with E-state index in [4.69, 9.17) is 4.74 Å². The van der Waals surface area contributed by atoms with Gasteiger partial charge in [-0.15, -0.1) is 0 Å². The first-order chi connectivity index (χ1) is 12.3. The fourth-order valence-electron chi connectivity index (χ4n) is 3.45. The predicted octanol–water partition coefficient (Wildman–Crippen LogP) is 5.10. The molecule has 0 saturated carbocycles. The molecule has 0 bridgehead atoms. The largest absolute Gasteiger partial charge is 0.361 e. The Bertz CT molecular complexity index is 859. The lowest BCUT2D eigenvalue weighted by atomic mass is 9.88. The Morgan fingerprint density at radius 1 is 1.23 bits per heavy atom. The van der Waals surface area contributed by atoms with Crippen molar-refractivity contribution in [3.63, 3.8) is 0 Å². The Kier molecular flexibility index (Phi) is 5.49. The molecule has 26 heavy (non-hydrogen) atoms. The van der Waals surface area contributed by atoms with Gasteiger partial charge in [0.25, 0.3) is 0 Å². The maximum Gasteiger partial charge on any atom is 0.155 e. The van der Waals surface area contributed by atoms with Crippen LogP contribution in [-0.2, 0) is 16.3 Å². The van der Waals surface area contributed by atoms with Crippen LogP contribution in [-0.4, -0.2) is 30.0 Å². The molecule has 0 N–H and O–H groups in total. The number of aryl methyl sites for hydroxylation is 1. The number of ether oxygens (including phenoxy) is 1. The number of carbonyl (C=O) groups is 1. The summed E-state index contributed by atoms with van der Waals surface area (Å²) >= 11 is 0. The monoisotopic (exact) mass is 370 g/mol. The third-order valence-electron chi connectivity index (χ3n) is 5.19. The number of nitrogens with zero attached hydrogens (tertiary/aromatic N) is 2. The summed E-state index contributed by atoms with van der Waals surface area (Å²) in [4.78, 5) is 16.6. The molecule has 0 fully saturated rings.